The summed E-state index contributed by atoms with van der Waals surface area (Å²) in [6.07, 6.45) is -3.20. The van der Waals surface area contributed by atoms with Crippen molar-refractivity contribution >= 4 is 23.4 Å². The molecule has 0 aromatic heterocycles. The van der Waals surface area contributed by atoms with Crippen LogP contribution in [0.25, 0.3) is 0 Å². The van der Waals surface area contributed by atoms with Gasteiger partial charge in [0.1, 0.15) is 5.60 Å². The van der Waals surface area contributed by atoms with Crippen LogP contribution in [0.4, 0.5) is 29.3 Å². The lowest BCUT2D eigenvalue weighted by molar-refractivity contribution is -0.179. The van der Waals surface area contributed by atoms with Gasteiger partial charge in [0.25, 0.3) is 0 Å². The van der Waals surface area contributed by atoms with Gasteiger partial charge in [0.05, 0.1) is 17.9 Å². The molecule has 3 rings (SSSR count). The van der Waals surface area contributed by atoms with Gasteiger partial charge in [-0.1, -0.05) is 0 Å². The molecule has 34 heavy (non-hydrogen) atoms. The summed E-state index contributed by atoms with van der Waals surface area (Å²) in [5.74, 6) is -2.66. The van der Waals surface area contributed by atoms with E-state index < -0.39 is 41.7 Å². The number of halogens is 3. The number of rotatable bonds is 5. The zero-order chi connectivity index (χ0) is 25.1. The minimum Gasteiger partial charge on any atom is -0.481 e. The number of alkyl carbamates (subject to hydrolysis) is 1. The van der Waals surface area contributed by atoms with Crippen LogP contribution in [0.2, 0.25) is 0 Å². The third kappa shape index (κ3) is 7.17. The monoisotopic (exact) mass is 485 g/mol. The van der Waals surface area contributed by atoms with Crippen molar-refractivity contribution in [1.82, 2.24) is 5.32 Å². The first-order valence-electron chi connectivity index (χ1n) is 11.7. The molecule has 7 nitrogen and oxygen atoms in total. The molecular formula is C24H34F3N3O4. The number of nitrogens with zero attached hydrogens (tertiary/aromatic N) is 1. The van der Waals surface area contributed by atoms with Crippen molar-refractivity contribution in [3.8, 4) is 0 Å². The SMILES string of the molecule is CC(C)(C)OC(=O)N[C@H]1C[C@H](C(=O)O)CCC1Nc1ccc(N2CCC(C(F)(F)F)CC2)cc1. The fraction of sp³-hybridized carbons (Fsp3) is 0.667. The van der Waals surface area contributed by atoms with Gasteiger partial charge in [0, 0.05) is 30.5 Å². The van der Waals surface area contributed by atoms with Crippen molar-refractivity contribution in [3.05, 3.63) is 24.3 Å². The lowest BCUT2D eigenvalue weighted by Gasteiger charge is -2.37. The maximum Gasteiger partial charge on any atom is 0.407 e. The smallest absolute Gasteiger partial charge is 0.407 e. The Hall–Kier alpha value is -2.65. The number of amides is 1. The van der Waals surface area contributed by atoms with E-state index in [2.05, 4.69) is 10.6 Å². The summed E-state index contributed by atoms with van der Waals surface area (Å²) in [6, 6.07) is 6.85. The molecule has 0 bridgehead atoms. The number of piperidine rings is 1. The molecule has 1 saturated carbocycles. The molecule has 10 heteroatoms. The summed E-state index contributed by atoms with van der Waals surface area (Å²) in [5.41, 5.74) is 0.992. The summed E-state index contributed by atoms with van der Waals surface area (Å²) in [6.45, 7) is 6.00. The van der Waals surface area contributed by atoms with Crippen LogP contribution in [-0.2, 0) is 9.53 Å². The number of carbonyl (C=O) groups is 2. The molecule has 1 heterocycles. The van der Waals surface area contributed by atoms with Crippen LogP contribution in [0.5, 0.6) is 0 Å². The van der Waals surface area contributed by atoms with Gasteiger partial charge >= 0.3 is 18.2 Å². The molecule has 1 unspecified atom stereocenters. The van der Waals surface area contributed by atoms with Gasteiger partial charge in [0.15, 0.2) is 0 Å². The number of nitrogens with one attached hydrogen (secondary N) is 2. The summed E-state index contributed by atoms with van der Waals surface area (Å²) in [5, 5.41) is 15.6. The quantitative estimate of drug-likeness (QED) is 0.542. The topological polar surface area (TPSA) is 90.9 Å². The Kier molecular flexibility index (Phi) is 7.88. The molecule has 1 aromatic rings. The maximum atomic E-state index is 12.9. The number of hydrogen-bond donors (Lipinski definition) is 3. The predicted octanol–water partition coefficient (Wildman–Crippen LogP) is 5.02. The highest BCUT2D eigenvalue weighted by Crippen LogP contribution is 2.35. The molecule has 1 aliphatic heterocycles. The van der Waals surface area contributed by atoms with Crippen LogP contribution >= 0.6 is 0 Å². The van der Waals surface area contributed by atoms with Gasteiger partial charge in [-0.3, -0.25) is 4.79 Å². The first kappa shape index (κ1) is 26.0. The second-order valence-electron chi connectivity index (χ2n) is 10.2. The lowest BCUT2D eigenvalue weighted by Crippen LogP contribution is -2.52. The Morgan fingerprint density at radius 1 is 1.00 bits per heavy atom. The average Bonchev–Trinajstić information content (AvgIpc) is 2.73. The highest BCUT2D eigenvalue weighted by molar-refractivity contribution is 5.71. The van der Waals surface area contributed by atoms with E-state index in [0.717, 1.165) is 11.4 Å². The first-order valence-corrected chi connectivity index (χ1v) is 11.7. The Morgan fingerprint density at radius 3 is 2.15 bits per heavy atom. The summed E-state index contributed by atoms with van der Waals surface area (Å²) < 4.78 is 44.1. The number of carbonyl (C=O) groups excluding carboxylic acids is 1. The van der Waals surface area contributed by atoms with E-state index in [1.54, 1.807) is 20.8 Å². The minimum absolute atomic E-state index is 0.0916. The van der Waals surface area contributed by atoms with Crippen molar-refractivity contribution in [2.24, 2.45) is 11.8 Å². The van der Waals surface area contributed by atoms with Crippen molar-refractivity contribution < 1.29 is 32.6 Å². The number of anilines is 2. The number of aliphatic carboxylic acids is 1. The van der Waals surface area contributed by atoms with Crippen LogP contribution in [0.1, 0.15) is 52.9 Å². The number of hydrogen-bond acceptors (Lipinski definition) is 5. The Bertz CT molecular complexity index is 847. The van der Waals surface area contributed by atoms with E-state index in [4.69, 9.17) is 4.74 Å². The molecule has 3 atom stereocenters. The standard InChI is InChI=1S/C24H34F3N3O4/c1-23(2,3)34-22(33)29-20-14-15(21(31)32)4-9-19(20)28-17-5-7-18(8-6-17)30-12-10-16(11-13-30)24(25,26)27/h5-8,15-16,19-20,28H,4,9-14H2,1-3H3,(H,29,33)(H,31,32)/t15-,19?,20+/m1/s1. The van der Waals surface area contributed by atoms with E-state index in [0.29, 0.717) is 32.4 Å². The van der Waals surface area contributed by atoms with E-state index in [9.17, 15) is 27.9 Å². The molecule has 1 amide bonds. The third-order valence-corrected chi connectivity index (χ3v) is 6.44. The largest absolute Gasteiger partial charge is 0.481 e. The highest BCUT2D eigenvalue weighted by atomic mass is 19.4. The zero-order valence-corrected chi connectivity index (χ0v) is 19.8. The summed E-state index contributed by atoms with van der Waals surface area (Å²) in [4.78, 5) is 25.8. The number of carboxylic acid groups (broad SMARTS) is 1. The fourth-order valence-corrected chi connectivity index (χ4v) is 4.63. The number of benzene rings is 1. The first-order chi connectivity index (χ1) is 15.8. The summed E-state index contributed by atoms with van der Waals surface area (Å²) in [7, 11) is 0. The molecule has 190 valence electrons. The van der Waals surface area contributed by atoms with Gasteiger partial charge in [-0.2, -0.15) is 13.2 Å². The molecule has 2 aliphatic rings. The average molecular weight is 486 g/mol. The van der Waals surface area contributed by atoms with Gasteiger partial charge in [-0.05, 0) is 77.1 Å². The van der Waals surface area contributed by atoms with Gasteiger partial charge in [-0.15, -0.1) is 0 Å². The molecule has 1 aromatic carbocycles. The van der Waals surface area contributed by atoms with Crippen molar-refractivity contribution in [2.45, 2.75) is 76.7 Å². The maximum absolute atomic E-state index is 12.9. The van der Waals surface area contributed by atoms with Gasteiger partial charge < -0.3 is 25.4 Å². The second kappa shape index (κ2) is 10.3. The van der Waals surface area contributed by atoms with Gasteiger partial charge in [0.2, 0.25) is 0 Å². The van der Waals surface area contributed by atoms with Crippen LogP contribution in [0, 0.1) is 11.8 Å². The Labute approximate surface area is 198 Å². The van der Waals surface area contributed by atoms with Crippen LogP contribution in [-0.4, -0.2) is 54.1 Å². The molecule has 2 fully saturated rings. The molecule has 1 saturated heterocycles. The fourth-order valence-electron chi connectivity index (χ4n) is 4.63. The van der Waals surface area contributed by atoms with E-state index in [1.807, 2.05) is 29.2 Å². The number of alkyl halides is 3. The van der Waals surface area contributed by atoms with Crippen LogP contribution < -0.4 is 15.5 Å². The number of ether oxygens (including phenoxy) is 1. The van der Waals surface area contributed by atoms with Crippen LogP contribution in [0.15, 0.2) is 24.3 Å². The highest BCUT2D eigenvalue weighted by Gasteiger charge is 2.41. The summed E-state index contributed by atoms with van der Waals surface area (Å²) >= 11 is 0. The Morgan fingerprint density at radius 2 is 1.62 bits per heavy atom. The third-order valence-electron chi connectivity index (χ3n) is 6.44. The van der Waals surface area contributed by atoms with Gasteiger partial charge in [-0.25, -0.2) is 4.79 Å². The number of carboxylic acids is 1. The molecule has 0 spiro atoms. The van der Waals surface area contributed by atoms with Crippen molar-refractivity contribution in [2.75, 3.05) is 23.3 Å². The van der Waals surface area contributed by atoms with Crippen LogP contribution in [0.3, 0.4) is 0 Å². The van der Waals surface area contributed by atoms with E-state index >= 15 is 0 Å². The normalized spacial score (nSPS) is 24.4. The Balaban J connectivity index is 1.62. The second-order valence-corrected chi connectivity index (χ2v) is 10.2. The molecule has 1 aliphatic carbocycles. The molecular weight excluding hydrogens is 451 g/mol. The van der Waals surface area contributed by atoms with Crippen molar-refractivity contribution in [1.29, 1.82) is 0 Å². The van der Waals surface area contributed by atoms with E-state index in [-0.39, 0.29) is 18.9 Å². The minimum atomic E-state index is -4.14. The molecule has 0 radical (unpaired) electrons. The molecule has 3 N–H and O–H groups in total. The predicted molar refractivity (Wildman–Crippen MR) is 123 cm³/mol. The lowest BCUT2D eigenvalue weighted by atomic mass is 9.82. The van der Waals surface area contributed by atoms with Crippen molar-refractivity contribution in [3.63, 3.8) is 0 Å². The van der Waals surface area contributed by atoms with E-state index in [1.165, 1.54) is 0 Å². The zero-order valence-electron chi connectivity index (χ0n) is 19.8.